The van der Waals surface area contributed by atoms with Gasteiger partial charge in [-0.1, -0.05) is 40.6 Å². The van der Waals surface area contributed by atoms with Crippen molar-refractivity contribution < 1.29 is 0 Å². The van der Waals surface area contributed by atoms with Crippen molar-refractivity contribution in [1.29, 1.82) is 0 Å². The van der Waals surface area contributed by atoms with Crippen molar-refractivity contribution in [3.63, 3.8) is 0 Å². The molecule has 2 rings (SSSR count). The molecule has 6 heteroatoms. The van der Waals surface area contributed by atoms with E-state index in [4.69, 9.17) is 28.9 Å². The second kappa shape index (κ2) is 5.31. The van der Waals surface area contributed by atoms with Crippen molar-refractivity contribution in [2.45, 2.75) is 19.4 Å². The summed E-state index contributed by atoms with van der Waals surface area (Å²) < 4.78 is 0. The average Bonchev–Trinajstić information content (AvgIpc) is 2.72. The van der Waals surface area contributed by atoms with Gasteiger partial charge in [-0.15, -0.1) is 10.2 Å². The number of hydrogen-bond acceptors (Lipinski definition) is 4. The third kappa shape index (κ3) is 3.16. The number of rotatable bonds is 3. The van der Waals surface area contributed by atoms with Crippen LogP contribution in [0, 0.1) is 0 Å². The SMILES string of the molecule is CC(N)c1nnc(Cc2ccc(Cl)c(Cl)c2)s1. The van der Waals surface area contributed by atoms with Crippen molar-refractivity contribution >= 4 is 34.5 Å². The minimum absolute atomic E-state index is 0.0740. The fourth-order valence-electron chi connectivity index (χ4n) is 1.35. The van der Waals surface area contributed by atoms with Crippen molar-refractivity contribution in [3.05, 3.63) is 43.8 Å². The van der Waals surface area contributed by atoms with Crippen LogP contribution in [0.5, 0.6) is 0 Å². The summed E-state index contributed by atoms with van der Waals surface area (Å²) in [6.45, 7) is 1.89. The fraction of sp³-hybridized carbons (Fsp3) is 0.273. The number of benzene rings is 1. The van der Waals surface area contributed by atoms with E-state index in [9.17, 15) is 0 Å². The van der Waals surface area contributed by atoms with Gasteiger partial charge >= 0.3 is 0 Å². The average molecular weight is 288 g/mol. The topological polar surface area (TPSA) is 51.8 Å². The highest BCUT2D eigenvalue weighted by Crippen LogP contribution is 2.25. The second-order valence-corrected chi connectivity index (χ2v) is 5.66. The number of aromatic nitrogens is 2. The Hall–Kier alpha value is -0.680. The lowest BCUT2D eigenvalue weighted by Crippen LogP contribution is -2.03. The van der Waals surface area contributed by atoms with Crippen molar-refractivity contribution in [2.75, 3.05) is 0 Å². The zero-order valence-corrected chi connectivity index (χ0v) is 11.5. The molecule has 0 bridgehead atoms. The van der Waals surface area contributed by atoms with Gasteiger partial charge < -0.3 is 5.73 Å². The first-order valence-electron chi connectivity index (χ1n) is 5.08. The fourth-order valence-corrected chi connectivity index (χ4v) is 2.50. The van der Waals surface area contributed by atoms with Gasteiger partial charge in [0.25, 0.3) is 0 Å². The molecule has 0 spiro atoms. The molecule has 2 aromatic rings. The standard InChI is InChI=1S/C11H11Cl2N3S/c1-6(14)11-16-15-10(17-11)5-7-2-3-8(12)9(13)4-7/h2-4,6H,5,14H2,1H3. The molecule has 0 amide bonds. The Morgan fingerprint density at radius 3 is 2.65 bits per heavy atom. The maximum Gasteiger partial charge on any atom is 0.133 e. The van der Waals surface area contributed by atoms with Crippen LogP contribution in [-0.2, 0) is 6.42 Å². The summed E-state index contributed by atoms with van der Waals surface area (Å²) in [4.78, 5) is 0. The molecule has 0 aliphatic carbocycles. The molecule has 0 aliphatic heterocycles. The first-order chi connectivity index (χ1) is 8.06. The van der Waals surface area contributed by atoms with Gasteiger partial charge in [0.2, 0.25) is 0 Å². The van der Waals surface area contributed by atoms with Gasteiger partial charge in [0.15, 0.2) is 0 Å². The molecule has 0 fully saturated rings. The number of hydrogen-bond donors (Lipinski definition) is 1. The Balaban J connectivity index is 2.16. The van der Waals surface area contributed by atoms with Crippen LogP contribution in [0.15, 0.2) is 18.2 Å². The summed E-state index contributed by atoms with van der Waals surface area (Å²) in [5.74, 6) is 0. The normalized spacial score (nSPS) is 12.7. The van der Waals surface area contributed by atoms with E-state index in [0.29, 0.717) is 16.5 Å². The van der Waals surface area contributed by atoms with Gasteiger partial charge in [-0.2, -0.15) is 0 Å². The highest BCUT2D eigenvalue weighted by atomic mass is 35.5. The summed E-state index contributed by atoms with van der Waals surface area (Å²) in [5, 5.41) is 11.0. The first-order valence-corrected chi connectivity index (χ1v) is 6.65. The van der Waals surface area contributed by atoms with E-state index >= 15 is 0 Å². The van der Waals surface area contributed by atoms with Crippen LogP contribution in [-0.4, -0.2) is 10.2 Å². The third-order valence-electron chi connectivity index (χ3n) is 2.21. The summed E-state index contributed by atoms with van der Waals surface area (Å²) >= 11 is 13.3. The van der Waals surface area contributed by atoms with Crippen LogP contribution in [0.2, 0.25) is 10.0 Å². The molecule has 0 radical (unpaired) electrons. The van der Waals surface area contributed by atoms with Gasteiger partial charge in [-0.3, -0.25) is 0 Å². The largest absolute Gasteiger partial charge is 0.322 e. The van der Waals surface area contributed by atoms with E-state index in [1.165, 1.54) is 11.3 Å². The first kappa shape index (κ1) is 12.8. The van der Waals surface area contributed by atoms with E-state index in [1.807, 2.05) is 19.1 Å². The van der Waals surface area contributed by atoms with Gasteiger partial charge in [-0.05, 0) is 24.6 Å². The van der Waals surface area contributed by atoms with E-state index in [-0.39, 0.29) is 6.04 Å². The third-order valence-corrected chi connectivity index (χ3v) is 4.07. The molecule has 0 saturated carbocycles. The summed E-state index contributed by atoms with van der Waals surface area (Å²) in [5.41, 5.74) is 6.80. The molecule has 0 saturated heterocycles. The lowest BCUT2D eigenvalue weighted by molar-refractivity contribution is 0.782. The van der Waals surface area contributed by atoms with E-state index in [2.05, 4.69) is 10.2 Å². The van der Waals surface area contributed by atoms with Crippen LogP contribution in [0.3, 0.4) is 0 Å². The van der Waals surface area contributed by atoms with E-state index < -0.39 is 0 Å². The smallest absolute Gasteiger partial charge is 0.133 e. The van der Waals surface area contributed by atoms with Gasteiger partial charge in [-0.25, -0.2) is 0 Å². The molecular formula is C11H11Cl2N3S. The Bertz CT molecular complexity index is 525. The molecule has 0 aliphatic rings. The van der Waals surface area contributed by atoms with E-state index in [0.717, 1.165) is 15.6 Å². The van der Waals surface area contributed by atoms with Crippen LogP contribution < -0.4 is 5.73 Å². The zero-order chi connectivity index (χ0) is 12.4. The second-order valence-electron chi connectivity index (χ2n) is 3.75. The van der Waals surface area contributed by atoms with Crippen molar-refractivity contribution in [2.24, 2.45) is 5.73 Å². The molecule has 90 valence electrons. The molecule has 1 atom stereocenters. The van der Waals surface area contributed by atoms with Crippen LogP contribution in [0.4, 0.5) is 0 Å². The maximum absolute atomic E-state index is 5.95. The van der Waals surface area contributed by atoms with Crippen LogP contribution in [0.25, 0.3) is 0 Å². The molecule has 1 aromatic heterocycles. The van der Waals surface area contributed by atoms with Gasteiger partial charge in [0.05, 0.1) is 16.1 Å². The Kier molecular flexibility index (Phi) is 3.99. The predicted molar refractivity (Wildman–Crippen MR) is 71.8 cm³/mol. The number of halogens is 2. The molecule has 3 nitrogen and oxygen atoms in total. The molecule has 2 N–H and O–H groups in total. The Labute approximate surface area is 114 Å². The van der Waals surface area contributed by atoms with Gasteiger partial charge in [0.1, 0.15) is 10.0 Å². The Morgan fingerprint density at radius 2 is 2.06 bits per heavy atom. The van der Waals surface area contributed by atoms with Gasteiger partial charge in [0, 0.05) is 6.42 Å². The highest BCUT2D eigenvalue weighted by Gasteiger charge is 2.09. The maximum atomic E-state index is 5.95. The summed E-state index contributed by atoms with van der Waals surface area (Å²) in [6.07, 6.45) is 0.696. The quantitative estimate of drug-likeness (QED) is 0.941. The predicted octanol–water partition coefficient (Wildman–Crippen LogP) is 3.46. The minimum atomic E-state index is -0.0740. The lowest BCUT2D eigenvalue weighted by Gasteiger charge is -2.00. The van der Waals surface area contributed by atoms with Crippen molar-refractivity contribution in [1.82, 2.24) is 10.2 Å². The molecule has 17 heavy (non-hydrogen) atoms. The van der Waals surface area contributed by atoms with Crippen molar-refractivity contribution in [3.8, 4) is 0 Å². The number of nitrogens with zero attached hydrogens (tertiary/aromatic N) is 2. The molecular weight excluding hydrogens is 277 g/mol. The van der Waals surface area contributed by atoms with E-state index in [1.54, 1.807) is 6.07 Å². The highest BCUT2D eigenvalue weighted by molar-refractivity contribution is 7.11. The monoisotopic (exact) mass is 287 g/mol. The molecule has 1 heterocycles. The zero-order valence-electron chi connectivity index (χ0n) is 9.15. The van der Waals surface area contributed by atoms with Crippen LogP contribution >= 0.6 is 34.5 Å². The molecule has 1 unspecified atom stereocenters. The van der Waals surface area contributed by atoms with Crippen LogP contribution in [0.1, 0.15) is 28.5 Å². The molecule has 1 aromatic carbocycles. The Morgan fingerprint density at radius 1 is 1.29 bits per heavy atom. The lowest BCUT2D eigenvalue weighted by atomic mass is 10.2. The minimum Gasteiger partial charge on any atom is -0.322 e. The summed E-state index contributed by atoms with van der Waals surface area (Å²) in [6, 6.07) is 5.49. The number of nitrogens with two attached hydrogens (primary N) is 1. The summed E-state index contributed by atoms with van der Waals surface area (Å²) in [7, 11) is 0.